The number of aromatic nitrogens is 2. The highest BCUT2D eigenvalue weighted by Gasteiger charge is 2.47. The zero-order valence-electron chi connectivity index (χ0n) is 13.6. The Morgan fingerprint density at radius 1 is 1.25 bits per heavy atom. The molecule has 1 aliphatic heterocycles. The van der Waals surface area contributed by atoms with Gasteiger partial charge in [-0.3, -0.25) is 14.6 Å². The minimum absolute atomic E-state index is 0.0145. The predicted octanol–water partition coefficient (Wildman–Crippen LogP) is 1.45. The topological polar surface area (TPSA) is 67.2 Å². The fourth-order valence-electron chi connectivity index (χ4n) is 3.99. The molecule has 1 saturated carbocycles. The molecule has 2 aromatic rings. The number of piperidine rings is 1. The third-order valence-corrected chi connectivity index (χ3v) is 5.15. The van der Waals surface area contributed by atoms with Crippen molar-refractivity contribution in [3.63, 3.8) is 0 Å². The number of nitrogens with one attached hydrogen (secondary N) is 1. The average Bonchev–Trinajstić information content (AvgIpc) is 3.30. The molecule has 124 valence electrons. The van der Waals surface area contributed by atoms with Crippen LogP contribution in [0.25, 0.3) is 0 Å². The van der Waals surface area contributed by atoms with Gasteiger partial charge in [-0.1, -0.05) is 0 Å². The van der Waals surface area contributed by atoms with Crippen LogP contribution in [0, 0.1) is 5.92 Å². The van der Waals surface area contributed by atoms with Crippen LogP contribution in [0.2, 0.25) is 0 Å². The number of pyridine rings is 1. The highest BCUT2D eigenvalue weighted by Crippen LogP contribution is 2.38. The van der Waals surface area contributed by atoms with Gasteiger partial charge in [0.2, 0.25) is 0 Å². The molecule has 2 aliphatic rings. The predicted molar refractivity (Wildman–Crippen MR) is 88.5 cm³/mol. The number of carbonyl (C=O) groups excluding carboxylic acids is 2. The Bertz CT molecular complexity index is 770. The summed E-state index contributed by atoms with van der Waals surface area (Å²) in [5, 5.41) is 3.09. The van der Waals surface area contributed by atoms with E-state index in [-0.39, 0.29) is 23.9 Å². The van der Waals surface area contributed by atoms with Crippen LogP contribution >= 0.6 is 0 Å². The quantitative estimate of drug-likeness (QED) is 0.929. The maximum Gasteiger partial charge on any atom is 0.270 e. The number of nitrogens with zero attached hydrogens (tertiary/aromatic N) is 3. The van der Waals surface area contributed by atoms with Gasteiger partial charge in [-0.2, -0.15) is 0 Å². The summed E-state index contributed by atoms with van der Waals surface area (Å²) < 4.78 is 1.84. The molecule has 1 aliphatic carbocycles. The van der Waals surface area contributed by atoms with E-state index in [1.54, 1.807) is 24.5 Å². The third kappa shape index (κ3) is 2.48. The van der Waals surface area contributed by atoms with E-state index < -0.39 is 0 Å². The van der Waals surface area contributed by atoms with Crippen molar-refractivity contribution in [3.8, 4) is 0 Å². The van der Waals surface area contributed by atoms with Gasteiger partial charge < -0.3 is 14.8 Å². The van der Waals surface area contributed by atoms with Gasteiger partial charge in [-0.25, -0.2) is 0 Å². The summed E-state index contributed by atoms with van der Waals surface area (Å²) >= 11 is 0. The first-order valence-electron chi connectivity index (χ1n) is 8.26. The van der Waals surface area contributed by atoms with Crippen LogP contribution in [0.3, 0.4) is 0 Å². The van der Waals surface area contributed by atoms with E-state index in [4.69, 9.17) is 0 Å². The molecule has 3 heterocycles. The first-order valence-corrected chi connectivity index (χ1v) is 8.26. The van der Waals surface area contributed by atoms with E-state index in [1.165, 1.54) is 0 Å². The lowest BCUT2D eigenvalue weighted by atomic mass is 10.0. The van der Waals surface area contributed by atoms with Crippen molar-refractivity contribution in [2.24, 2.45) is 13.0 Å². The Labute approximate surface area is 140 Å². The summed E-state index contributed by atoms with van der Waals surface area (Å²) in [6.07, 6.45) is 7.00. The Hall–Kier alpha value is -2.63. The van der Waals surface area contributed by atoms with Gasteiger partial charge in [0, 0.05) is 38.2 Å². The molecule has 0 radical (unpaired) electrons. The molecule has 0 aromatic carbocycles. The van der Waals surface area contributed by atoms with Gasteiger partial charge in [-0.05, 0) is 43.0 Å². The fourth-order valence-corrected chi connectivity index (χ4v) is 3.99. The molecule has 6 heteroatoms. The number of aryl methyl sites for hydroxylation is 1. The van der Waals surface area contributed by atoms with E-state index in [0.717, 1.165) is 19.4 Å². The minimum Gasteiger partial charge on any atom is -0.347 e. The van der Waals surface area contributed by atoms with Crippen LogP contribution in [0.15, 0.2) is 42.9 Å². The Balaban J connectivity index is 1.48. The molecule has 4 rings (SSSR count). The number of rotatable bonds is 3. The van der Waals surface area contributed by atoms with E-state index in [2.05, 4.69) is 10.3 Å². The molecule has 2 fully saturated rings. The Morgan fingerprint density at radius 3 is 2.79 bits per heavy atom. The average molecular weight is 324 g/mol. The SMILES string of the molecule is Cn1cccc1C(=O)N1CC2CC(NC(=O)c3cccnc3)C1C2. The molecule has 1 N–H and O–H groups in total. The molecule has 2 bridgehead atoms. The fraction of sp³-hybridized carbons (Fsp3) is 0.389. The van der Waals surface area contributed by atoms with Crippen molar-refractivity contribution in [3.05, 3.63) is 54.1 Å². The highest BCUT2D eigenvalue weighted by atomic mass is 16.2. The van der Waals surface area contributed by atoms with E-state index >= 15 is 0 Å². The summed E-state index contributed by atoms with van der Waals surface area (Å²) in [6, 6.07) is 7.32. The second-order valence-corrected chi connectivity index (χ2v) is 6.69. The third-order valence-electron chi connectivity index (χ3n) is 5.15. The zero-order valence-corrected chi connectivity index (χ0v) is 13.6. The summed E-state index contributed by atoms with van der Waals surface area (Å²) in [5.74, 6) is 0.403. The summed E-state index contributed by atoms with van der Waals surface area (Å²) in [4.78, 5) is 31.1. The molecule has 3 unspecified atom stereocenters. The van der Waals surface area contributed by atoms with Crippen LogP contribution in [0.1, 0.15) is 33.7 Å². The number of likely N-dealkylation sites (tertiary alicyclic amines) is 1. The Kier molecular flexibility index (Phi) is 3.59. The van der Waals surface area contributed by atoms with E-state index in [0.29, 0.717) is 17.2 Å². The molecule has 3 atom stereocenters. The summed E-state index contributed by atoms with van der Waals surface area (Å²) in [5.41, 5.74) is 1.25. The molecule has 2 aromatic heterocycles. The molecular formula is C18H20N4O2. The number of fused-ring (bicyclic) bond motifs is 2. The smallest absolute Gasteiger partial charge is 0.270 e. The number of hydrogen-bond acceptors (Lipinski definition) is 3. The van der Waals surface area contributed by atoms with Crippen LogP contribution in [0.5, 0.6) is 0 Å². The lowest BCUT2D eigenvalue weighted by molar-refractivity contribution is 0.0639. The van der Waals surface area contributed by atoms with Gasteiger partial charge in [0.25, 0.3) is 11.8 Å². The molecule has 2 amide bonds. The van der Waals surface area contributed by atoms with Crippen LogP contribution in [-0.2, 0) is 7.05 Å². The van der Waals surface area contributed by atoms with Gasteiger partial charge >= 0.3 is 0 Å². The second kappa shape index (κ2) is 5.78. The van der Waals surface area contributed by atoms with E-state index in [1.807, 2.05) is 34.8 Å². The first-order chi connectivity index (χ1) is 11.6. The summed E-state index contributed by atoms with van der Waals surface area (Å²) in [7, 11) is 1.88. The van der Waals surface area contributed by atoms with Gasteiger partial charge in [-0.15, -0.1) is 0 Å². The van der Waals surface area contributed by atoms with Crippen molar-refractivity contribution in [1.29, 1.82) is 0 Å². The molecular weight excluding hydrogens is 304 g/mol. The number of hydrogen-bond donors (Lipinski definition) is 1. The van der Waals surface area contributed by atoms with Crippen molar-refractivity contribution in [1.82, 2.24) is 19.8 Å². The largest absolute Gasteiger partial charge is 0.347 e. The highest BCUT2D eigenvalue weighted by molar-refractivity contribution is 5.95. The first kappa shape index (κ1) is 14.9. The lowest BCUT2D eigenvalue weighted by Crippen LogP contribution is -2.52. The monoisotopic (exact) mass is 324 g/mol. The minimum atomic E-state index is -0.119. The van der Waals surface area contributed by atoms with Crippen LogP contribution < -0.4 is 5.32 Å². The van der Waals surface area contributed by atoms with Crippen molar-refractivity contribution < 1.29 is 9.59 Å². The number of amides is 2. The van der Waals surface area contributed by atoms with Gasteiger partial charge in [0.05, 0.1) is 11.6 Å². The van der Waals surface area contributed by atoms with Crippen LogP contribution in [-0.4, -0.2) is 44.9 Å². The van der Waals surface area contributed by atoms with Gasteiger partial charge in [0.15, 0.2) is 0 Å². The van der Waals surface area contributed by atoms with E-state index in [9.17, 15) is 9.59 Å². The standard InChI is InChI=1S/C18H20N4O2/c1-21-7-3-5-15(21)18(24)22-11-12-8-14(16(22)9-12)20-17(23)13-4-2-6-19-10-13/h2-7,10,12,14,16H,8-9,11H2,1H3,(H,20,23). The number of carbonyl (C=O) groups is 2. The van der Waals surface area contributed by atoms with Crippen molar-refractivity contribution in [2.75, 3.05) is 6.54 Å². The maximum atomic E-state index is 12.8. The normalized spacial score (nSPS) is 25.0. The van der Waals surface area contributed by atoms with Crippen molar-refractivity contribution in [2.45, 2.75) is 24.9 Å². The molecule has 1 saturated heterocycles. The second-order valence-electron chi connectivity index (χ2n) is 6.69. The molecule has 6 nitrogen and oxygen atoms in total. The zero-order chi connectivity index (χ0) is 16.7. The lowest BCUT2D eigenvalue weighted by Gasteiger charge is -2.33. The van der Waals surface area contributed by atoms with Crippen LogP contribution in [0.4, 0.5) is 0 Å². The van der Waals surface area contributed by atoms with Gasteiger partial charge in [0.1, 0.15) is 5.69 Å². The molecule has 24 heavy (non-hydrogen) atoms. The summed E-state index contributed by atoms with van der Waals surface area (Å²) in [6.45, 7) is 0.786. The van der Waals surface area contributed by atoms with Crippen molar-refractivity contribution >= 4 is 11.8 Å². The maximum absolute atomic E-state index is 12.8. The molecule has 0 spiro atoms. The Morgan fingerprint density at radius 2 is 2.12 bits per heavy atom.